The van der Waals surface area contributed by atoms with E-state index in [0.29, 0.717) is 34.6 Å². The van der Waals surface area contributed by atoms with Crippen LogP contribution in [0, 0.1) is 51.2 Å². The quantitative estimate of drug-likeness (QED) is 0.489. The third kappa shape index (κ3) is 3.49. The lowest BCUT2D eigenvalue weighted by Gasteiger charge is -2.68. The summed E-state index contributed by atoms with van der Waals surface area (Å²) in [6.07, 6.45) is 17.7. The van der Waals surface area contributed by atoms with Crippen molar-refractivity contribution >= 4 is 5.91 Å². The molecule has 6 rings (SSSR count). The number of nitrogens with zero attached hydrogens (tertiary/aromatic N) is 1. The first-order chi connectivity index (χ1) is 16.7. The van der Waals surface area contributed by atoms with E-state index < -0.39 is 0 Å². The molecule has 192 valence electrons. The van der Waals surface area contributed by atoms with Gasteiger partial charge < -0.3 is 5.32 Å². The number of carbonyl (C=O) groups excluding carboxylic acids is 1. The van der Waals surface area contributed by atoms with Crippen LogP contribution >= 0.6 is 0 Å². The van der Waals surface area contributed by atoms with Crippen LogP contribution in [0.1, 0.15) is 110 Å². The normalized spacial score (nSPS) is 46.0. The first-order valence-corrected chi connectivity index (χ1v) is 14.9. The number of hydrogen-bond acceptors (Lipinski definition) is 2. The Balaban J connectivity index is 1.24. The molecule has 3 heteroatoms. The van der Waals surface area contributed by atoms with Gasteiger partial charge in [-0.1, -0.05) is 46.6 Å². The van der Waals surface area contributed by atoms with E-state index in [1.165, 1.54) is 64.2 Å². The van der Waals surface area contributed by atoms with Crippen LogP contribution in [0.2, 0.25) is 0 Å². The fourth-order valence-corrected chi connectivity index (χ4v) is 11.6. The molecule has 5 aliphatic rings. The molecule has 1 amide bonds. The van der Waals surface area contributed by atoms with Gasteiger partial charge >= 0.3 is 0 Å². The van der Waals surface area contributed by atoms with Crippen LogP contribution in [0.4, 0.5) is 0 Å². The second-order valence-electron chi connectivity index (χ2n) is 14.5. The minimum Gasteiger partial charge on any atom is -0.350 e. The number of rotatable bonds is 3. The van der Waals surface area contributed by atoms with Crippen molar-refractivity contribution in [2.75, 3.05) is 0 Å². The van der Waals surface area contributed by atoms with Gasteiger partial charge in [0.05, 0.1) is 17.7 Å². The second-order valence-corrected chi connectivity index (χ2v) is 14.5. The van der Waals surface area contributed by atoms with Crippen molar-refractivity contribution < 1.29 is 4.79 Å². The zero-order valence-electron chi connectivity index (χ0n) is 22.7. The molecule has 5 aliphatic carbocycles. The van der Waals surface area contributed by atoms with Crippen molar-refractivity contribution in [2.45, 2.75) is 111 Å². The van der Waals surface area contributed by atoms with E-state index in [0.717, 1.165) is 42.2 Å². The Morgan fingerprint density at radius 1 is 0.857 bits per heavy atom. The molecular weight excluding hydrogens is 428 g/mol. The Morgan fingerprint density at radius 3 is 2.51 bits per heavy atom. The van der Waals surface area contributed by atoms with Gasteiger partial charge in [-0.05, 0) is 122 Å². The smallest absolute Gasteiger partial charge is 0.226 e. The van der Waals surface area contributed by atoms with Gasteiger partial charge in [-0.25, -0.2) is 0 Å². The van der Waals surface area contributed by atoms with Crippen molar-refractivity contribution in [1.82, 2.24) is 10.3 Å². The highest BCUT2D eigenvalue weighted by atomic mass is 16.2. The molecule has 0 aliphatic heterocycles. The minimum absolute atomic E-state index is 0.118. The molecule has 5 saturated carbocycles. The van der Waals surface area contributed by atoms with Crippen LogP contribution in [-0.2, 0) is 11.3 Å². The van der Waals surface area contributed by atoms with Gasteiger partial charge in [0.15, 0.2) is 0 Å². The molecular formula is C32H48N2O. The lowest BCUT2D eigenvalue weighted by molar-refractivity contribution is -0.196. The van der Waals surface area contributed by atoms with Gasteiger partial charge in [-0.3, -0.25) is 9.78 Å². The number of hydrogen-bond donors (Lipinski definition) is 1. The predicted molar refractivity (Wildman–Crippen MR) is 141 cm³/mol. The van der Waals surface area contributed by atoms with Crippen LogP contribution < -0.4 is 5.32 Å². The van der Waals surface area contributed by atoms with Crippen molar-refractivity contribution in [3.05, 3.63) is 30.1 Å². The molecule has 1 aromatic rings. The monoisotopic (exact) mass is 476 g/mol. The lowest BCUT2D eigenvalue weighted by Crippen LogP contribution is -2.62. The molecule has 0 spiro atoms. The summed E-state index contributed by atoms with van der Waals surface area (Å²) in [5.41, 5.74) is 2.34. The van der Waals surface area contributed by atoms with E-state index in [1.54, 1.807) is 0 Å². The van der Waals surface area contributed by atoms with Crippen molar-refractivity contribution in [3.63, 3.8) is 0 Å². The van der Waals surface area contributed by atoms with Crippen molar-refractivity contribution in [2.24, 2.45) is 51.2 Å². The van der Waals surface area contributed by atoms with Crippen LogP contribution in [-0.4, -0.2) is 10.9 Å². The van der Waals surface area contributed by atoms with Crippen LogP contribution in [0.25, 0.3) is 0 Å². The maximum absolute atomic E-state index is 13.8. The summed E-state index contributed by atoms with van der Waals surface area (Å²) >= 11 is 0. The van der Waals surface area contributed by atoms with E-state index in [2.05, 4.69) is 38.0 Å². The van der Waals surface area contributed by atoms with E-state index in [1.807, 2.05) is 24.4 Å². The summed E-state index contributed by atoms with van der Waals surface area (Å²) in [5.74, 6) is 4.28. The molecule has 1 aromatic heterocycles. The summed E-state index contributed by atoms with van der Waals surface area (Å²) in [4.78, 5) is 18.2. The average Bonchev–Trinajstić information content (AvgIpc) is 3.28. The van der Waals surface area contributed by atoms with E-state index in [9.17, 15) is 4.79 Å². The highest BCUT2D eigenvalue weighted by molar-refractivity contribution is 5.83. The number of fused-ring (bicyclic) bond motifs is 7. The van der Waals surface area contributed by atoms with E-state index in [-0.39, 0.29) is 5.41 Å². The van der Waals surface area contributed by atoms with Gasteiger partial charge in [-0.2, -0.15) is 0 Å². The van der Waals surface area contributed by atoms with Gasteiger partial charge in [-0.15, -0.1) is 0 Å². The van der Waals surface area contributed by atoms with Gasteiger partial charge in [0.2, 0.25) is 5.91 Å². The number of nitrogens with one attached hydrogen (secondary N) is 1. The number of amides is 1. The van der Waals surface area contributed by atoms with Gasteiger partial charge in [0.25, 0.3) is 0 Å². The molecule has 3 nitrogen and oxygen atoms in total. The maximum atomic E-state index is 13.8. The summed E-state index contributed by atoms with van der Waals surface area (Å²) in [6, 6.07) is 5.97. The third-order valence-electron chi connectivity index (χ3n) is 12.9. The van der Waals surface area contributed by atoms with Crippen LogP contribution in [0.3, 0.4) is 0 Å². The zero-order valence-corrected chi connectivity index (χ0v) is 22.7. The van der Waals surface area contributed by atoms with Crippen LogP contribution in [0.15, 0.2) is 24.4 Å². The fraction of sp³-hybridized carbons (Fsp3) is 0.812. The average molecular weight is 477 g/mol. The zero-order chi connectivity index (χ0) is 24.5. The van der Waals surface area contributed by atoms with Crippen molar-refractivity contribution in [3.8, 4) is 0 Å². The first-order valence-electron chi connectivity index (χ1n) is 14.9. The minimum atomic E-state index is -0.118. The number of pyridine rings is 1. The Bertz CT molecular complexity index is 958. The standard InChI is InChI=1S/C32H48N2O/c1-29(2)15-8-16-31(4)26(29)14-18-30(3)24-13-19-32(28(35)34-21-22-9-5-6-20-33-22)17-7-10-25(32)23(24)11-12-27(30)31/h5-6,9,20,23-27H,7-8,10-19,21H2,1-4H3,(H,34,35). The first kappa shape index (κ1) is 24.0. The molecule has 1 heterocycles. The lowest BCUT2D eigenvalue weighted by atomic mass is 9.36. The molecule has 8 atom stereocenters. The topological polar surface area (TPSA) is 42.0 Å². The molecule has 8 unspecified atom stereocenters. The molecule has 0 aromatic carbocycles. The molecule has 5 fully saturated rings. The number of aromatic nitrogens is 1. The Labute approximate surface area is 213 Å². The molecule has 35 heavy (non-hydrogen) atoms. The van der Waals surface area contributed by atoms with E-state index >= 15 is 0 Å². The Hall–Kier alpha value is -1.38. The van der Waals surface area contributed by atoms with Crippen molar-refractivity contribution in [1.29, 1.82) is 0 Å². The molecule has 1 N–H and O–H groups in total. The maximum Gasteiger partial charge on any atom is 0.226 e. The third-order valence-corrected chi connectivity index (χ3v) is 12.9. The summed E-state index contributed by atoms with van der Waals surface area (Å²) in [6.45, 7) is 11.1. The molecule has 0 saturated heterocycles. The summed E-state index contributed by atoms with van der Waals surface area (Å²) in [7, 11) is 0. The highest BCUT2D eigenvalue weighted by Crippen LogP contribution is 2.72. The largest absolute Gasteiger partial charge is 0.350 e. The van der Waals surface area contributed by atoms with Gasteiger partial charge in [0, 0.05) is 6.20 Å². The summed E-state index contributed by atoms with van der Waals surface area (Å²) in [5, 5.41) is 3.34. The summed E-state index contributed by atoms with van der Waals surface area (Å²) < 4.78 is 0. The molecule has 0 radical (unpaired) electrons. The second kappa shape index (κ2) is 8.32. The number of carbonyl (C=O) groups is 1. The molecule has 0 bridgehead atoms. The van der Waals surface area contributed by atoms with E-state index in [4.69, 9.17) is 0 Å². The van der Waals surface area contributed by atoms with Crippen LogP contribution in [0.5, 0.6) is 0 Å². The Morgan fingerprint density at radius 2 is 1.71 bits per heavy atom. The van der Waals surface area contributed by atoms with Gasteiger partial charge in [0.1, 0.15) is 0 Å². The Kier molecular flexibility index (Phi) is 5.70. The highest BCUT2D eigenvalue weighted by Gasteiger charge is 2.66. The SMILES string of the molecule is CC1(C)CCCC2(C)C1CCC1(C)C3CCC4(C(=O)NCc5ccccn5)CCCC4C3CCC12. The fourth-order valence-electron chi connectivity index (χ4n) is 11.6. The predicted octanol–water partition coefficient (Wildman–Crippen LogP) is 7.55.